The van der Waals surface area contributed by atoms with Crippen LogP contribution in [-0.2, 0) is 14.3 Å². The van der Waals surface area contributed by atoms with Crippen LogP contribution in [-0.4, -0.2) is 33.9 Å². The minimum atomic E-state index is -1.39. The maximum absolute atomic E-state index is 11.2. The molecule has 5 nitrogen and oxygen atoms in total. The maximum Gasteiger partial charge on any atom is 0.349 e. The third-order valence-corrected chi connectivity index (χ3v) is 3.91. The number of aliphatic hydroxyl groups excluding tert-OH is 1. The topological polar surface area (TPSA) is 83.8 Å². The fraction of sp³-hybridized carbons (Fsp3) is 0.778. The van der Waals surface area contributed by atoms with Gasteiger partial charge in [-0.25, -0.2) is 4.79 Å². The molecule has 1 aliphatic heterocycles. The summed E-state index contributed by atoms with van der Waals surface area (Å²) in [6, 6.07) is 0. The van der Waals surface area contributed by atoms with Crippen molar-refractivity contribution >= 4 is 11.9 Å². The number of fused-ring (bicyclic) bond motifs is 5. The Morgan fingerprint density at radius 3 is 2.79 bits per heavy atom. The number of hydrogen-bond acceptors (Lipinski definition) is 4. The molecule has 1 saturated heterocycles. The molecule has 1 heterocycles. The predicted octanol–water partition coefficient (Wildman–Crippen LogP) is -0.617. The summed E-state index contributed by atoms with van der Waals surface area (Å²) in [6.07, 6.45) is 0.518. The van der Waals surface area contributed by atoms with Crippen molar-refractivity contribution in [3.63, 3.8) is 0 Å². The Morgan fingerprint density at radius 2 is 2.21 bits per heavy atom. The Bertz CT molecular complexity index is 338. The molecular formula is C9H10O5. The van der Waals surface area contributed by atoms with Crippen molar-refractivity contribution in [2.24, 2.45) is 17.8 Å². The number of carboxylic acids is 1. The van der Waals surface area contributed by atoms with E-state index in [1.54, 1.807) is 0 Å². The number of hydrogen-bond donors (Lipinski definition) is 2. The molecular weight excluding hydrogens is 188 g/mol. The highest BCUT2D eigenvalue weighted by Crippen LogP contribution is 2.61. The van der Waals surface area contributed by atoms with Gasteiger partial charge >= 0.3 is 11.9 Å². The molecule has 3 aliphatic rings. The molecule has 0 aromatic carbocycles. The lowest BCUT2D eigenvalue weighted by atomic mass is 9.70. The van der Waals surface area contributed by atoms with Crippen molar-refractivity contribution in [2.75, 3.05) is 0 Å². The van der Waals surface area contributed by atoms with Gasteiger partial charge in [-0.2, -0.15) is 0 Å². The highest BCUT2D eigenvalue weighted by Gasteiger charge is 2.77. The van der Waals surface area contributed by atoms with Crippen LogP contribution in [0.15, 0.2) is 0 Å². The fourth-order valence-electron chi connectivity index (χ4n) is 3.38. The lowest BCUT2D eigenvalue weighted by Crippen LogP contribution is -2.67. The minimum Gasteiger partial charge on any atom is -0.478 e. The molecule has 5 unspecified atom stereocenters. The van der Waals surface area contributed by atoms with Crippen LogP contribution in [0.25, 0.3) is 0 Å². The molecule has 0 aromatic rings. The SMILES string of the molecule is O=C1OC2(C(=O)O)C3CC(CC3O)C12. The zero-order valence-corrected chi connectivity index (χ0v) is 7.34. The number of carboxylic acid groups (broad SMARTS) is 1. The first-order chi connectivity index (χ1) is 6.57. The van der Waals surface area contributed by atoms with Gasteiger partial charge in [-0.3, -0.25) is 4.79 Å². The molecule has 2 N–H and O–H groups in total. The number of carbonyl (C=O) groups excluding carboxylic acids is 1. The first-order valence-electron chi connectivity index (χ1n) is 4.71. The second-order valence-electron chi connectivity index (χ2n) is 4.40. The lowest BCUT2D eigenvalue weighted by molar-refractivity contribution is -0.239. The lowest BCUT2D eigenvalue weighted by Gasteiger charge is -2.47. The van der Waals surface area contributed by atoms with E-state index in [9.17, 15) is 14.7 Å². The molecule has 76 valence electrons. The van der Waals surface area contributed by atoms with E-state index in [1.807, 2.05) is 0 Å². The van der Waals surface area contributed by atoms with E-state index in [1.165, 1.54) is 0 Å². The average Bonchev–Trinajstić information content (AvgIpc) is 2.52. The van der Waals surface area contributed by atoms with Crippen molar-refractivity contribution < 1.29 is 24.5 Å². The zero-order valence-electron chi connectivity index (χ0n) is 7.34. The quantitative estimate of drug-likeness (QED) is 0.549. The molecule has 3 rings (SSSR count). The largest absolute Gasteiger partial charge is 0.478 e. The summed E-state index contributed by atoms with van der Waals surface area (Å²) in [6.45, 7) is 0. The highest BCUT2D eigenvalue weighted by atomic mass is 16.6. The van der Waals surface area contributed by atoms with Crippen LogP contribution in [0.2, 0.25) is 0 Å². The monoisotopic (exact) mass is 198 g/mol. The number of carbonyl (C=O) groups is 2. The molecule has 5 atom stereocenters. The van der Waals surface area contributed by atoms with Gasteiger partial charge < -0.3 is 14.9 Å². The van der Waals surface area contributed by atoms with Crippen LogP contribution in [0, 0.1) is 17.8 Å². The van der Waals surface area contributed by atoms with Crippen LogP contribution in [0.3, 0.4) is 0 Å². The molecule has 2 aliphatic carbocycles. The Morgan fingerprint density at radius 1 is 1.50 bits per heavy atom. The molecule has 2 bridgehead atoms. The summed E-state index contributed by atoms with van der Waals surface area (Å²) in [7, 11) is 0. The normalized spacial score (nSPS) is 53.6. The van der Waals surface area contributed by atoms with E-state index in [2.05, 4.69) is 0 Å². The third kappa shape index (κ3) is 0.609. The Kier molecular flexibility index (Phi) is 1.24. The minimum absolute atomic E-state index is 0.00681. The predicted molar refractivity (Wildman–Crippen MR) is 42.2 cm³/mol. The van der Waals surface area contributed by atoms with E-state index in [4.69, 9.17) is 9.84 Å². The van der Waals surface area contributed by atoms with E-state index in [-0.39, 0.29) is 5.92 Å². The van der Waals surface area contributed by atoms with Gasteiger partial charge in [-0.15, -0.1) is 0 Å². The summed E-state index contributed by atoms with van der Waals surface area (Å²) in [5.74, 6) is -2.41. The molecule has 0 amide bonds. The van der Waals surface area contributed by atoms with Crippen molar-refractivity contribution in [3.05, 3.63) is 0 Å². The summed E-state index contributed by atoms with van der Waals surface area (Å²) in [4.78, 5) is 22.2. The van der Waals surface area contributed by atoms with Crippen LogP contribution in [0.4, 0.5) is 0 Å². The Hall–Kier alpha value is -1.10. The van der Waals surface area contributed by atoms with Gasteiger partial charge in [0.05, 0.1) is 6.10 Å². The van der Waals surface area contributed by atoms with Crippen molar-refractivity contribution in [3.8, 4) is 0 Å². The summed E-state index contributed by atoms with van der Waals surface area (Å²) in [5, 5.41) is 18.7. The fourth-order valence-corrected chi connectivity index (χ4v) is 3.38. The Labute approximate surface area is 79.7 Å². The van der Waals surface area contributed by atoms with E-state index in [0.717, 1.165) is 0 Å². The molecule has 5 heteroatoms. The number of aliphatic carboxylic acids is 1. The van der Waals surface area contributed by atoms with E-state index < -0.39 is 35.5 Å². The first-order valence-corrected chi connectivity index (χ1v) is 4.71. The number of esters is 1. The van der Waals surface area contributed by atoms with Crippen LogP contribution >= 0.6 is 0 Å². The van der Waals surface area contributed by atoms with Gasteiger partial charge in [0.15, 0.2) is 0 Å². The Balaban J connectivity index is 2.05. The van der Waals surface area contributed by atoms with Gasteiger partial charge in [0.25, 0.3) is 0 Å². The number of ether oxygens (including phenoxy) is 1. The van der Waals surface area contributed by atoms with Crippen molar-refractivity contribution in [1.82, 2.24) is 0 Å². The van der Waals surface area contributed by atoms with Gasteiger partial charge in [-0.05, 0) is 18.8 Å². The second-order valence-corrected chi connectivity index (χ2v) is 4.40. The molecule has 14 heavy (non-hydrogen) atoms. The number of rotatable bonds is 1. The van der Waals surface area contributed by atoms with Crippen molar-refractivity contribution in [2.45, 2.75) is 24.5 Å². The summed E-state index contributed by atoms with van der Waals surface area (Å²) < 4.78 is 4.82. The van der Waals surface area contributed by atoms with E-state index >= 15 is 0 Å². The molecule has 2 saturated carbocycles. The number of aliphatic hydroxyl groups is 1. The van der Waals surface area contributed by atoms with Gasteiger partial charge in [0, 0.05) is 5.92 Å². The summed E-state index contributed by atoms with van der Waals surface area (Å²) >= 11 is 0. The van der Waals surface area contributed by atoms with Crippen LogP contribution < -0.4 is 0 Å². The molecule has 0 spiro atoms. The average molecular weight is 198 g/mol. The van der Waals surface area contributed by atoms with Crippen LogP contribution in [0.1, 0.15) is 12.8 Å². The summed E-state index contributed by atoms with van der Waals surface area (Å²) in [5.41, 5.74) is -1.39. The molecule has 0 aromatic heterocycles. The van der Waals surface area contributed by atoms with E-state index in [0.29, 0.717) is 12.8 Å². The third-order valence-electron chi connectivity index (χ3n) is 3.91. The van der Waals surface area contributed by atoms with Crippen LogP contribution in [0.5, 0.6) is 0 Å². The molecule has 3 fully saturated rings. The molecule has 0 radical (unpaired) electrons. The second kappa shape index (κ2) is 2.11. The zero-order chi connectivity index (χ0) is 10.1. The highest BCUT2D eigenvalue weighted by molar-refractivity contribution is 5.96. The first kappa shape index (κ1) is 8.23. The van der Waals surface area contributed by atoms with Crippen molar-refractivity contribution in [1.29, 1.82) is 0 Å². The van der Waals surface area contributed by atoms with Gasteiger partial charge in [-0.1, -0.05) is 0 Å². The standard InChI is InChI=1S/C9H10O5/c10-5-2-3-1-4(5)9(8(12)13)6(3)7(11)14-9/h3-6,10H,1-2H2,(H,12,13). The smallest absolute Gasteiger partial charge is 0.349 e. The maximum atomic E-state index is 11.2. The van der Waals surface area contributed by atoms with Gasteiger partial charge in [0.1, 0.15) is 5.92 Å². The van der Waals surface area contributed by atoms with Gasteiger partial charge in [0.2, 0.25) is 5.60 Å².